The number of nitrogens with one attached hydrogen (secondary N) is 1. The van der Waals surface area contributed by atoms with Crippen LogP contribution < -0.4 is 14.5 Å². The summed E-state index contributed by atoms with van der Waals surface area (Å²) in [6.45, 7) is 1.73. The fourth-order valence-electron chi connectivity index (χ4n) is 2.99. The van der Waals surface area contributed by atoms with E-state index in [9.17, 15) is 18.5 Å². The maximum Gasteiger partial charge on any atom is 0.270 e. The molecular weight excluding hydrogens is 384 g/mol. The van der Waals surface area contributed by atoms with Crippen molar-refractivity contribution in [3.8, 4) is 0 Å². The van der Waals surface area contributed by atoms with Gasteiger partial charge in [-0.3, -0.25) is 14.8 Å². The van der Waals surface area contributed by atoms with Gasteiger partial charge in [0.15, 0.2) is 5.82 Å². The number of benzene rings is 1. The lowest BCUT2D eigenvalue weighted by molar-refractivity contribution is -0.385. The number of rotatable bonds is 6. The highest BCUT2D eigenvalue weighted by molar-refractivity contribution is 7.92. The Labute approximate surface area is 163 Å². The lowest BCUT2D eigenvalue weighted by Gasteiger charge is -2.28. The predicted octanol–water partition coefficient (Wildman–Crippen LogP) is 2.24. The summed E-state index contributed by atoms with van der Waals surface area (Å²) >= 11 is 0. The molecule has 2 heterocycles. The molecule has 1 aliphatic rings. The molecule has 1 saturated heterocycles. The molecule has 10 nitrogen and oxygen atoms in total. The van der Waals surface area contributed by atoms with Crippen LogP contribution in [0.2, 0.25) is 0 Å². The first kappa shape index (κ1) is 19.8. The number of hydrogen-bond acceptors (Lipinski definition) is 8. The predicted molar refractivity (Wildman–Crippen MR) is 106 cm³/mol. The Balaban J connectivity index is 1.92. The first-order valence-corrected chi connectivity index (χ1v) is 10.3. The highest BCUT2D eigenvalue weighted by Gasteiger charge is 2.22. The van der Waals surface area contributed by atoms with E-state index in [4.69, 9.17) is 0 Å². The molecule has 0 aliphatic carbocycles. The second-order valence-electron chi connectivity index (χ2n) is 6.71. The van der Waals surface area contributed by atoms with Crippen LogP contribution in [0.1, 0.15) is 19.3 Å². The third-order valence-electron chi connectivity index (χ3n) is 4.40. The number of piperidine rings is 1. The van der Waals surface area contributed by atoms with E-state index in [0.29, 0.717) is 11.8 Å². The number of nitrogens with zero attached hydrogens (tertiary/aromatic N) is 5. The quantitative estimate of drug-likeness (QED) is 0.572. The van der Waals surface area contributed by atoms with Crippen LogP contribution in [0, 0.1) is 10.1 Å². The highest BCUT2D eigenvalue weighted by atomic mass is 32.2. The van der Waals surface area contributed by atoms with E-state index in [0.717, 1.165) is 32.0 Å². The topological polar surface area (TPSA) is 122 Å². The number of nitro benzene ring substituents is 1. The Morgan fingerprint density at radius 2 is 1.93 bits per heavy atom. The molecule has 1 aromatic heterocycles. The summed E-state index contributed by atoms with van der Waals surface area (Å²) < 4.78 is 27.9. The number of aromatic nitrogens is 2. The lowest BCUT2D eigenvalue weighted by atomic mass is 10.1. The summed E-state index contributed by atoms with van der Waals surface area (Å²) in [5.41, 5.74) is -0.0929. The molecule has 1 N–H and O–H groups in total. The van der Waals surface area contributed by atoms with Crippen molar-refractivity contribution < 1.29 is 13.3 Å². The molecule has 0 radical (unpaired) electrons. The van der Waals surface area contributed by atoms with Gasteiger partial charge in [-0.25, -0.2) is 13.4 Å². The summed E-state index contributed by atoms with van der Waals surface area (Å²) in [6, 6.07) is 4.88. The van der Waals surface area contributed by atoms with Gasteiger partial charge in [-0.1, -0.05) is 6.07 Å². The van der Waals surface area contributed by atoms with Crippen molar-refractivity contribution in [2.75, 3.05) is 41.7 Å². The smallest absolute Gasteiger partial charge is 0.270 e. The Kier molecular flexibility index (Phi) is 5.63. The van der Waals surface area contributed by atoms with Crippen LogP contribution in [-0.2, 0) is 10.0 Å². The number of anilines is 3. The van der Waals surface area contributed by atoms with Gasteiger partial charge in [-0.15, -0.1) is 0 Å². The van der Waals surface area contributed by atoms with Crippen molar-refractivity contribution in [2.24, 2.45) is 0 Å². The van der Waals surface area contributed by atoms with E-state index < -0.39 is 14.9 Å². The Morgan fingerprint density at radius 1 is 1.21 bits per heavy atom. The van der Waals surface area contributed by atoms with Crippen LogP contribution in [0.15, 0.2) is 35.4 Å². The molecule has 1 aliphatic heterocycles. The third-order valence-corrected chi connectivity index (χ3v) is 5.76. The second kappa shape index (κ2) is 7.97. The third kappa shape index (κ3) is 4.30. The zero-order valence-corrected chi connectivity index (χ0v) is 16.5. The van der Waals surface area contributed by atoms with E-state index in [1.165, 1.54) is 30.8 Å². The summed E-state index contributed by atoms with van der Waals surface area (Å²) in [7, 11) is -0.523. The highest BCUT2D eigenvalue weighted by Crippen LogP contribution is 2.28. The minimum absolute atomic E-state index is 0.202. The average molecular weight is 406 g/mol. The van der Waals surface area contributed by atoms with Crippen molar-refractivity contribution in [1.82, 2.24) is 9.97 Å². The summed E-state index contributed by atoms with van der Waals surface area (Å²) in [5, 5.41) is 10.9. The molecule has 1 aromatic carbocycles. The molecule has 150 valence electrons. The molecule has 28 heavy (non-hydrogen) atoms. The monoisotopic (exact) mass is 406 g/mol. The Bertz CT molecular complexity index is 973. The van der Waals surface area contributed by atoms with Crippen LogP contribution in [0.5, 0.6) is 0 Å². The normalized spacial score (nSPS) is 14.6. The minimum Gasteiger partial charge on any atom is -0.361 e. The SMILES string of the molecule is CN(C)c1nc(N2CCCCC2)ncc1NS(=O)(=O)c1cccc([N+](=O)[O-])c1. The number of hydrogen-bond donors (Lipinski definition) is 1. The zero-order chi connectivity index (χ0) is 20.3. The van der Waals surface area contributed by atoms with Gasteiger partial charge in [-0.05, 0) is 25.3 Å². The summed E-state index contributed by atoms with van der Waals surface area (Å²) in [4.78, 5) is 22.7. The number of non-ortho nitro benzene ring substituents is 1. The first-order chi connectivity index (χ1) is 13.3. The zero-order valence-electron chi connectivity index (χ0n) is 15.7. The molecule has 0 unspecified atom stereocenters. The van der Waals surface area contributed by atoms with E-state index in [-0.39, 0.29) is 16.3 Å². The maximum absolute atomic E-state index is 12.7. The molecule has 11 heteroatoms. The van der Waals surface area contributed by atoms with Gasteiger partial charge in [0.25, 0.3) is 15.7 Å². The molecular formula is C17H22N6O4S. The molecule has 1 fully saturated rings. The standard InChI is InChI=1S/C17H22N6O4S/c1-21(2)16-15(12-18-17(19-16)22-9-4-3-5-10-22)20-28(26,27)14-8-6-7-13(11-14)23(24)25/h6-8,11-12,20H,3-5,9-10H2,1-2H3. The average Bonchev–Trinajstić information content (AvgIpc) is 2.68. The molecule has 0 spiro atoms. The first-order valence-electron chi connectivity index (χ1n) is 8.84. The number of sulfonamides is 1. The van der Waals surface area contributed by atoms with Gasteiger partial charge in [0.1, 0.15) is 5.69 Å². The van der Waals surface area contributed by atoms with Crippen LogP contribution in [0.25, 0.3) is 0 Å². The molecule has 0 bridgehead atoms. The Hall–Kier alpha value is -2.95. The van der Waals surface area contributed by atoms with Crippen molar-refractivity contribution in [3.63, 3.8) is 0 Å². The van der Waals surface area contributed by atoms with Gasteiger partial charge in [0.05, 0.1) is 16.0 Å². The van der Waals surface area contributed by atoms with E-state index >= 15 is 0 Å². The van der Waals surface area contributed by atoms with Gasteiger partial charge in [0.2, 0.25) is 5.95 Å². The number of nitro groups is 1. The maximum atomic E-state index is 12.7. The summed E-state index contributed by atoms with van der Waals surface area (Å²) in [6.07, 6.45) is 4.75. The molecule has 0 amide bonds. The molecule has 0 saturated carbocycles. The van der Waals surface area contributed by atoms with E-state index in [1.54, 1.807) is 19.0 Å². The van der Waals surface area contributed by atoms with Crippen molar-refractivity contribution >= 4 is 33.2 Å². The van der Waals surface area contributed by atoms with Gasteiger partial charge in [0, 0.05) is 39.3 Å². The van der Waals surface area contributed by atoms with Crippen molar-refractivity contribution in [3.05, 3.63) is 40.6 Å². The van der Waals surface area contributed by atoms with Crippen LogP contribution in [0.4, 0.5) is 23.1 Å². The van der Waals surface area contributed by atoms with Crippen molar-refractivity contribution in [2.45, 2.75) is 24.2 Å². The van der Waals surface area contributed by atoms with Crippen molar-refractivity contribution in [1.29, 1.82) is 0 Å². The largest absolute Gasteiger partial charge is 0.361 e. The second-order valence-corrected chi connectivity index (χ2v) is 8.39. The molecule has 3 rings (SSSR count). The van der Waals surface area contributed by atoms with Gasteiger partial charge in [-0.2, -0.15) is 4.98 Å². The van der Waals surface area contributed by atoms with E-state index in [2.05, 4.69) is 19.6 Å². The fraction of sp³-hybridized carbons (Fsp3) is 0.412. The summed E-state index contributed by atoms with van der Waals surface area (Å²) in [5.74, 6) is 0.978. The Morgan fingerprint density at radius 3 is 2.57 bits per heavy atom. The van der Waals surface area contributed by atoms with Crippen LogP contribution in [-0.4, -0.2) is 50.5 Å². The van der Waals surface area contributed by atoms with Gasteiger partial charge >= 0.3 is 0 Å². The van der Waals surface area contributed by atoms with Gasteiger partial charge < -0.3 is 9.80 Å². The minimum atomic E-state index is -4.04. The van der Waals surface area contributed by atoms with Crippen LogP contribution >= 0.6 is 0 Å². The van der Waals surface area contributed by atoms with Crippen LogP contribution in [0.3, 0.4) is 0 Å². The molecule has 2 aromatic rings. The fourth-order valence-corrected chi connectivity index (χ4v) is 4.08. The van der Waals surface area contributed by atoms with E-state index in [1.807, 2.05) is 0 Å². The lowest BCUT2D eigenvalue weighted by Crippen LogP contribution is -2.31. The molecule has 0 atom stereocenters.